The van der Waals surface area contributed by atoms with Gasteiger partial charge < -0.3 is 10.5 Å². The van der Waals surface area contributed by atoms with Gasteiger partial charge in [-0.05, 0) is 40.6 Å². The number of rotatable bonds is 4. The third-order valence-electron chi connectivity index (χ3n) is 2.41. The van der Waals surface area contributed by atoms with Crippen LogP contribution >= 0.6 is 11.3 Å². The highest BCUT2D eigenvalue weighted by atomic mass is 32.1. The molecular formula is C13H12FNO2S. The molecule has 0 unspecified atom stereocenters. The van der Waals surface area contributed by atoms with E-state index in [1.54, 1.807) is 11.3 Å². The van der Waals surface area contributed by atoms with E-state index in [1.165, 1.54) is 12.1 Å². The molecule has 1 aromatic carbocycles. The van der Waals surface area contributed by atoms with Crippen LogP contribution in [0, 0.1) is 5.82 Å². The topological polar surface area (TPSA) is 52.3 Å². The van der Waals surface area contributed by atoms with Crippen molar-refractivity contribution < 1.29 is 13.9 Å². The second kappa shape index (κ2) is 5.64. The fourth-order valence-corrected chi connectivity index (χ4v) is 2.18. The summed E-state index contributed by atoms with van der Waals surface area (Å²) in [5.74, 6) is -1.31. The Kier molecular flexibility index (Phi) is 3.94. The second-order valence-electron chi connectivity index (χ2n) is 3.76. The summed E-state index contributed by atoms with van der Waals surface area (Å²) in [5, 5.41) is 3.93. The summed E-state index contributed by atoms with van der Waals surface area (Å²) in [7, 11) is 0. The lowest BCUT2D eigenvalue weighted by Gasteiger charge is -2.05. The van der Waals surface area contributed by atoms with Gasteiger partial charge in [0.1, 0.15) is 5.82 Å². The molecule has 0 amide bonds. The van der Waals surface area contributed by atoms with Gasteiger partial charge in [0.2, 0.25) is 0 Å². The van der Waals surface area contributed by atoms with Crippen LogP contribution in [0.2, 0.25) is 0 Å². The molecular weight excluding hydrogens is 253 g/mol. The number of anilines is 1. The lowest BCUT2D eigenvalue weighted by Crippen LogP contribution is -2.10. The van der Waals surface area contributed by atoms with Crippen molar-refractivity contribution in [2.45, 2.75) is 6.42 Å². The number of benzene rings is 1. The van der Waals surface area contributed by atoms with Crippen LogP contribution in [-0.4, -0.2) is 12.6 Å². The van der Waals surface area contributed by atoms with Gasteiger partial charge in [-0.25, -0.2) is 9.18 Å². The zero-order valence-corrected chi connectivity index (χ0v) is 10.4. The molecule has 0 fully saturated rings. The van der Waals surface area contributed by atoms with Crippen LogP contribution in [0.1, 0.15) is 15.9 Å². The summed E-state index contributed by atoms with van der Waals surface area (Å²) in [4.78, 5) is 11.6. The van der Waals surface area contributed by atoms with Crippen LogP contribution in [0.5, 0.6) is 0 Å². The second-order valence-corrected chi connectivity index (χ2v) is 4.54. The molecule has 0 atom stereocenters. The van der Waals surface area contributed by atoms with Gasteiger partial charge in [-0.3, -0.25) is 0 Å². The lowest BCUT2D eigenvalue weighted by atomic mass is 10.2. The summed E-state index contributed by atoms with van der Waals surface area (Å²) >= 11 is 1.58. The molecule has 0 spiro atoms. The van der Waals surface area contributed by atoms with E-state index in [0.717, 1.165) is 11.6 Å². The van der Waals surface area contributed by atoms with Crippen LogP contribution in [0.15, 0.2) is 35.0 Å². The normalized spacial score (nSPS) is 10.3. The zero-order valence-electron chi connectivity index (χ0n) is 9.56. The molecule has 2 aromatic rings. The lowest BCUT2D eigenvalue weighted by molar-refractivity contribution is 0.0504. The van der Waals surface area contributed by atoms with E-state index < -0.39 is 11.8 Å². The van der Waals surface area contributed by atoms with Gasteiger partial charge in [0.25, 0.3) is 0 Å². The first kappa shape index (κ1) is 12.6. The van der Waals surface area contributed by atoms with E-state index in [0.29, 0.717) is 12.1 Å². The van der Waals surface area contributed by atoms with Gasteiger partial charge in [0.15, 0.2) is 0 Å². The van der Waals surface area contributed by atoms with Gasteiger partial charge >= 0.3 is 5.97 Å². The summed E-state index contributed by atoms with van der Waals surface area (Å²) in [6.07, 6.45) is 0.624. The molecule has 2 rings (SSSR count). The number of hydrogen-bond donors (Lipinski definition) is 1. The largest absolute Gasteiger partial charge is 0.462 e. The highest BCUT2D eigenvalue weighted by molar-refractivity contribution is 7.07. The summed E-state index contributed by atoms with van der Waals surface area (Å²) in [6, 6.07) is 5.80. The first-order valence-electron chi connectivity index (χ1n) is 5.40. The smallest absolute Gasteiger partial charge is 0.341 e. The van der Waals surface area contributed by atoms with Crippen LogP contribution in [0.4, 0.5) is 10.1 Å². The van der Waals surface area contributed by atoms with Gasteiger partial charge in [0, 0.05) is 12.1 Å². The van der Waals surface area contributed by atoms with E-state index in [-0.39, 0.29) is 12.2 Å². The minimum atomic E-state index is -0.685. The maximum Gasteiger partial charge on any atom is 0.341 e. The Morgan fingerprint density at radius 3 is 2.94 bits per heavy atom. The van der Waals surface area contributed by atoms with Crippen LogP contribution in [0.3, 0.4) is 0 Å². The van der Waals surface area contributed by atoms with Crippen LogP contribution < -0.4 is 5.73 Å². The molecule has 5 heteroatoms. The van der Waals surface area contributed by atoms with Crippen molar-refractivity contribution in [1.82, 2.24) is 0 Å². The molecule has 0 radical (unpaired) electrons. The van der Waals surface area contributed by atoms with Crippen molar-refractivity contribution in [1.29, 1.82) is 0 Å². The molecule has 1 heterocycles. The minimum Gasteiger partial charge on any atom is -0.462 e. The Balaban J connectivity index is 1.93. The van der Waals surface area contributed by atoms with Crippen molar-refractivity contribution in [2.75, 3.05) is 12.3 Å². The van der Waals surface area contributed by atoms with E-state index in [4.69, 9.17) is 10.5 Å². The van der Waals surface area contributed by atoms with Gasteiger partial charge in [-0.15, -0.1) is 0 Å². The Hall–Kier alpha value is -1.88. The Morgan fingerprint density at radius 2 is 2.22 bits per heavy atom. The first-order valence-corrected chi connectivity index (χ1v) is 6.34. The molecule has 2 N–H and O–H groups in total. The molecule has 3 nitrogen and oxygen atoms in total. The monoisotopic (exact) mass is 265 g/mol. The SMILES string of the molecule is Nc1ccc(F)c(C(=O)OCCc2ccsc2)c1. The van der Waals surface area contributed by atoms with E-state index in [1.807, 2.05) is 16.8 Å². The third-order valence-corrected chi connectivity index (χ3v) is 3.15. The van der Waals surface area contributed by atoms with Crippen LogP contribution in [0.25, 0.3) is 0 Å². The first-order chi connectivity index (χ1) is 8.66. The molecule has 0 bridgehead atoms. The van der Waals surface area contributed by atoms with E-state index >= 15 is 0 Å². The predicted octanol–water partition coefficient (Wildman–Crippen LogP) is 2.87. The maximum absolute atomic E-state index is 13.4. The quantitative estimate of drug-likeness (QED) is 0.683. The number of hydrogen-bond acceptors (Lipinski definition) is 4. The molecule has 0 aliphatic carbocycles. The molecule has 0 saturated carbocycles. The third kappa shape index (κ3) is 3.07. The maximum atomic E-state index is 13.4. The highest BCUT2D eigenvalue weighted by Crippen LogP contribution is 2.13. The van der Waals surface area contributed by atoms with E-state index in [9.17, 15) is 9.18 Å². The molecule has 0 aliphatic heterocycles. The molecule has 0 saturated heterocycles. The number of carbonyl (C=O) groups is 1. The molecule has 94 valence electrons. The molecule has 18 heavy (non-hydrogen) atoms. The standard InChI is InChI=1S/C13H12FNO2S/c14-12-2-1-10(15)7-11(12)13(16)17-5-3-9-4-6-18-8-9/h1-2,4,6-8H,3,5,15H2. The number of nitrogens with two attached hydrogens (primary N) is 1. The summed E-state index contributed by atoms with van der Waals surface area (Å²) in [5.41, 5.74) is 6.81. The number of carbonyl (C=O) groups excluding carboxylic acids is 1. The summed E-state index contributed by atoms with van der Waals surface area (Å²) in [6.45, 7) is 0.226. The number of esters is 1. The Labute approximate surface area is 108 Å². The van der Waals surface area contributed by atoms with Gasteiger partial charge in [0.05, 0.1) is 12.2 Å². The van der Waals surface area contributed by atoms with Crippen molar-refractivity contribution in [2.24, 2.45) is 0 Å². The number of nitrogen functional groups attached to an aromatic ring is 1. The van der Waals surface area contributed by atoms with Crippen molar-refractivity contribution in [3.63, 3.8) is 0 Å². The van der Waals surface area contributed by atoms with Crippen molar-refractivity contribution in [3.05, 3.63) is 52.0 Å². The predicted molar refractivity (Wildman–Crippen MR) is 69.1 cm³/mol. The zero-order chi connectivity index (χ0) is 13.0. The highest BCUT2D eigenvalue weighted by Gasteiger charge is 2.13. The Morgan fingerprint density at radius 1 is 1.39 bits per heavy atom. The minimum absolute atomic E-state index is 0.125. The van der Waals surface area contributed by atoms with Crippen molar-refractivity contribution >= 4 is 23.0 Å². The van der Waals surface area contributed by atoms with E-state index in [2.05, 4.69) is 0 Å². The molecule has 0 aliphatic rings. The summed E-state index contributed by atoms with van der Waals surface area (Å²) < 4.78 is 18.4. The Bertz CT molecular complexity index is 540. The van der Waals surface area contributed by atoms with Gasteiger partial charge in [-0.2, -0.15) is 11.3 Å². The fraction of sp³-hybridized carbons (Fsp3) is 0.154. The number of thiophene rings is 1. The molecule has 1 aromatic heterocycles. The number of halogens is 1. The van der Waals surface area contributed by atoms with Gasteiger partial charge in [-0.1, -0.05) is 0 Å². The van der Waals surface area contributed by atoms with Crippen molar-refractivity contribution in [3.8, 4) is 0 Å². The number of ether oxygens (including phenoxy) is 1. The fourth-order valence-electron chi connectivity index (χ4n) is 1.47. The van der Waals surface area contributed by atoms with Crippen LogP contribution in [-0.2, 0) is 11.2 Å². The average Bonchev–Trinajstić information content (AvgIpc) is 2.85. The average molecular weight is 265 g/mol.